The fourth-order valence-electron chi connectivity index (χ4n) is 4.16. The van der Waals surface area contributed by atoms with E-state index in [-0.39, 0.29) is 5.75 Å². The number of benzene rings is 2. The van der Waals surface area contributed by atoms with E-state index in [0.717, 1.165) is 44.1 Å². The molecule has 0 aliphatic carbocycles. The number of aromatic nitrogens is 1. The molecule has 0 bridgehead atoms. The molecular formula is C26H29ClFN5O2. The summed E-state index contributed by atoms with van der Waals surface area (Å²) >= 11 is 6.56. The number of rotatable bonds is 8. The van der Waals surface area contributed by atoms with Crippen molar-refractivity contribution in [2.75, 3.05) is 63.2 Å². The Morgan fingerprint density at radius 3 is 2.43 bits per heavy atom. The minimum Gasteiger partial charge on any atom is -0.507 e. The zero-order chi connectivity index (χ0) is 24.9. The van der Waals surface area contributed by atoms with Crippen molar-refractivity contribution in [3.63, 3.8) is 0 Å². The Hall–Kier alpha value is -3.36. The highest BCUT2D eigenvalue weighted by Gasteiger charge is 2.18. The molecule has 0 radical (unpaired) electrons. The summed E-state index contributed by atoms with van der Waals surface area (Å²) in [6.07, 6.45) is 2.46. The van der Waals surface area contributed by atoms with Crippen LogP contribution in [-0.2, 0) is 4.79 Å². The first-order valence-corrected chi connectivity index (χ1v) is 11.9. The van der Waals surface area contributed by atoms with Crippen LogP contribution >= 0.6 is 11.6 Å². The number of likely N-dealkylation sites (N-methyl/N-ethyl adjacent to an activating group) is 2. The van der Waals surface area contributed by atoms with Crippen molar-refractivity contribution in [2.24, 2.45) is 0 Å². The Balaban J connectivity index is 1.64. The molecule has 1 fully saturated rings. The number of carbonyl (C=O) groups excluding carboxylic acids is 1. The van der Waals surface area contributed by atoms with E-state index in [9.17, 15) is 14.3 Å². The number of aromatic hydroxyl groups is 1. The van der Waals surface area contributed by atoms with Gasteiger partial charge in [-0.25, -0.2) is 9.37 Å². The van der Waals surface area contributed by atoms with Crippen molar-refractivity contribution in [1.29, 1.82) is 0 Å². The molecule has 0 unspecified atom stereocenters. The molecule has 1 amide bonds. The highest BCUT2D eigenvalue weighted by molar-refractivity contribution is 6.33. The number of carbonyl (C=O) groups is 1. The SMILES string of the molecule is CN(C=O)CCN(C)c1ccc(-c2cc(F)cc(-c3ccnc(N4CCNCC4)c3)c2O)cc1Cl. The molecule has 184 valence electrons. The maximum absolute atomic E-state index is 14.7. The number of amides is 1. The summed E-state index contributed by atoms with van der Waals surface area (Å²) in [5.74, 6) is 0.320. The topological polar surface area (TPSA) is 71.9 Å². The van der Waals surface area contributed by atoms with E-state index in [1.807, 2.05) is 24.1 Å². The van der Waals surface area contributed by atoms with Gasteiger partial charge in [0.25, 0.3) is 0 Å². The summed E-state index contributed by atoms with van der Waals surface area (Å²) in [7, 11) is 3.60. The van der Waals surface area contributed by atoms with Crippen LogP contribution in [0.5, 0.6) is 5.75 Å². The Morgan fingerprint density at radius 1 is 1.09 bits per heavy atom. The highest BCUT2D eigenvalue weighted by Crippen LogP contribution is 2.41. The van der Waals surface area contributed by atoms with Gasteiger partial charge in [0.2, 0.25) is 6.41 Å². The molecule has 7 nitrogen and oxygen atoms in total. The molecule has 1 aliphatic rings. The molecule has 1 aromatic heterocycles. The van der Waals surface area contributed by atoms with E-state index in [4.69, 9.17) is 11.6 Å². The smallest absolute Gasteiger partial charge is 0.209 e. The number of nitrogens with zero attached hydrogens (tertiary/aromatic N) is 4. The number of phenols is 1. The molecule has 35 heavy (non-hydrogen) atoms. The van der Waals surface area contributed by atoms with Gasteiger partial charge in [0.05, 0.1) is 10.7 Å². The molecule has 1 saturated heterocycles. The number of phenolic OH excluding ortho intramolecular Hbond substituents is 1. The number of halogens is 2. The van der Waals surface area contributed by atoms with E-state index in [0.29, 0.717) is 40.4 Å². The van der Waals surface area contributed by atoms with Gasteiger partial charge < -0.3 is 25.1 Å². The van der Waals surface area contributed by atoms with Gasteiger partial charge in [0.1, 0.15) is 17.4 Å². The average Bonchev–Trinajstić information content (AvgIpc) is 2.88. The summed E-state index contributed by atoms with van der Waals surface area (Å²) < 4.78 is 14.7. The van der Waals surface area contributed by atoms with E-state index < -0.39 is 5.82 Å². The molecule has 2 N–H and O–H groups in total. The predicted molar refractivity (Wildman–Crippen MR) is 139 cm³/mol. The first kappa shape index (κ1) is 24.8. The third-order valence-electron chi connectivity index (χ3n) is 6.21. The lowest BCUT2D eigenvalue weighted by Gasteiger charge is -2.28. The van der Waals surface area contributed by atoms with Gasteiger partial charge in [-0.05, 0) is 47.5 Å². The van der Waals surface area contributed by atoms with Crippen molar-refractivity contribution < 1.29 is 14.3 Å². The van der Waals surface area contributed by atoms with E-state index >= 15 is 0 Å². The maximum atomic E-state index is 14.7. The minimum absolute atomic E-state index is 0.0198. The maximum Gasteiger partial charge on any atom is 0.209 e. The fourth-order valence-corrected chi connectivity index (χ4v) is 4.48. The summed E-state index contributed by atoms with van der Waals surface area (Å²) in [4.78, 5) is 21.0. The zero-order valence-electron chi connectivity index (χ0n) is 19.8. The monoisotopic (exact) mass is 497 g/mol. The van der Waals surface area contributed by atoms with Gasteiger partial charge in [0, 0.05) is 70.7 Å². The van der Waals surface area contributed by atoms with Crippen LogP contribution in [0.4, 0.5) is 15.9 Å². The van der Waals surface area contributed by atoms with Crippen LogP contribution in [0.15, 0.2) is 48.7 Å². The summed E-state index contributed by atoms with van der Waals surface area (Å²) in [6, 6.07) is 11.6. The lowest BCUT2D eigenvalue weighted by atomic mass is 9.97. The molecule has 0 spiro atoms. The van der Waals surface area contributed by atoms with Crippen LogP contribution in [0.3, 0.4) is 0 Å². The van der Waals surface area contributed by atoms with Crippen molar-refractivity contribution in [2.45, 2.75) is 0 Å². The van der Waals surface area contributed by atoms with Gasteiger partial charge in [0.15, 0.2) is 0 Å². The number of pyridine rings is 1. The van der Waals surface area contributed by atoms with Gasteiger partial charge in [-0.2, -0.15) is 0 Å². The van der Waals surface area contributed by atoms with Crippen LogP contribution in [-0.4, -0.2) is 74.8 Å². The number of hydrogen-bond acceptors (Lipinski definition) is 6. The lowest BCUT2D eigenvalue weighted by Crippen LogP contribution is -2.43. The summed E-state index contributed by atoms with van der Waals surface area (Å²) in [6.45, 7) is 4.57. The highest BCUT2D eigenvalue weighted by atomic mass is 35.5. The number of nitrogens with one attached hydrogen (secondary N) is 1. The number of anilines is 2. The van der Waals surface area contributed by atoms with Crippen LogP contribution in [0.2, 0.25) is 5.02 Å². The predicted octanol–water partition coefficient (Wildman–Crippen LogP) is 3.85. The molecule has 3 aromatic rings. The van der Waals surface area contributed by atoms with E-state index in [1.54, 1.807) is 36.3 Å². The number of hydrogen-bond donors (Lipinski definition) is 2. The summed E-state index contributed by atoms with van der Waals surface area (Å²) in [5.41, 5.74) is 2.83. The fraction of sp³-hybridized carbons (Fsp3) is 0.308. The molecule has 0 atom stereocenters. The molecule has 1 aliphatic heterocycles. The Bertz CT molecular complexity index is 1200. The first-order chi connectivity index (χ1) is 16.9. The van der Waals surface area contributed by atoms with Gasteiger partial charge in [-0.1, -0.05) is 17.7 Å². The third kappa shape index (κ3) is 5.66. The quantitative estimate of drug-likeness (QED) is 0.461. The van der Waals surface area contributed by atoms with Crippen LogP contribution in [0.25, 0.3) is 22.3 Å². The van der Waals surface area contributed by atoms with Crippen LogP contribution in [0.1, 0.15) is 0 Å². The average molecular weight is 498 g/mol. The Labute approximate surface area is 209 Å². The second kappa shape index (κ2) is 10.9. The van der Waals surface area contributed by atoms with E-state index in [2.05, 4.69) is 15.2 Å². The molecule has 0 saturated carbocycles. The van der Waals surface area contributed by atoms with Crippen LogP contribution in [0, 0.1) is 5.82 Å². The van der Waals surface area contributed by atoms with Gasteiger partial charge in [-0.3, -0.25) is 4.79 Å². The first-order valence-electron chi connectivity index (χ1n) is 11.5. The van der Waals surface area contributed by atoms with Crippen molar-refractivity contribution in [3.8, 4) is 28.0 Å². The Morgan fingerprint density at radius 2 is 1.77 bits per heavy atom. The van der Waals surface area contributed by atoms with Crippen molar-refractivity contribution in [3.05, 3.63) is 59.5 Å². The molecule has 2 heterocycles. The second-order valence-corrected chi connectivity index (χ2v) is 9.07. The molecule has 4 rings (SSSR count). The largest absolute Gasteiger partial charge is 0.507 e. The Kier molecular flexibility index (Phi) is 7.73. The minimum atomic E-state index is -0.456. The van der Waals surface area contributed by atoms with Gasteiger partial charge in [-0.15, -0.1) is 0 Å². The lowest BCUT2D eigenvalue weighted by molar-refractivity contribution is -0.116. The normalized spacial score (nSPS) is 13.5. The third-order valence-corrected chi connectivity index (χ3v) is 6.51. The zero-order valence-corrected chi connectivity index (χ0v) is 20.6. The molecule has 9 heteroatoms. The van der Waals surface area contributed by atoms with Crippen molar-refractivity contribution in [1.82, 2.24) is 15.2 Å². The second-order valence-electron chi connectivity index (χ2n) is 8.66. The van der Waals surface area contributed by atoms with Crippen molar-refractivity contribution >= 4 is 29.5 Å². The van der Waals surface area contributed by atoms with E-state index in [1.165, 1.54) is 12.1 Å². The van der Waals surface area contributed by atoms with Gasteiger partial charge >= 0.3 is 0 Å². The summed E-state index contributed by atoms with van der Waals surface area (Å²) in [5, 5.41) is 14.9. The molecular weight excluding hydrogens is 469 g/mol. The molecule has 2 aromatic carbocycles. The standard InChI is InChI=1S/C26H29ClFN5O2/c1-31(17-34)11-12-32(2)24-4-3-18(13-23(24)27)21-15-20(28)16-22(26(21)35)19-5-6-30-25(14-19)33-9-7-29-8-10-33/h3-6,13-17,29,35H,7-12H2,1-2H3. The number of piperazine rings is 1. The van der Waals surface area contributed by atoms with Crippen LogP contribution < -0.4 is 15.1 Å².